The van der Waals surface area contributed by atoms with Crippen LogP contribution < -0.4 is 0 Å². The normalized spacial score (nSPS) is 34.2. The highest BCUT2D eigenvalue weighted by Gasteiger charge is 2.43. The summed E-state index contributed by atoms with van der Waals surface area (Å²) in [7, 11) is 0. The standard InChI is InChI=1S/C17H22O7/c1-8-5-12(19)16-10(3)17(20)23-15(16)6-9(2)13(22-11(4)18)7-14(8)24-21/h6,12-16,19,21H,1,3,5,7H2,2,4H3. The van der Waals surface area contributed by atoms with Gasteiger partial charge in [0.1, 0.15) is 18.3 Å². The zero-order valence-corrected chi connectivity index (χ0v) is 13.7. The Hall–Kier alpha value is -1.96. The Morgan fingerprint density at radius 2 is 2.04 bits per heavy atom. The lowest BCUT2D eigenvalue weighted by Gasteiger charge is -2.29. The van der Waals surface area contributed by atoms with Crippen LogP contribution in [0.5, 0.6) is 0 Å². The summed E-state index contributed by atoms with van der Waals surface area (Å²) in [6.45, 7) is 10.5. The van der Waals surface area contributed by atoms with E-state index in [0.717, 1.165) is 0 Å². The van der Waals surface area contributed by atoms with Gasteiger partial charge in [0.25, 0.3) is 0 Å². The van der Waals surface area contributed by atoms with Crippen molar-refractivity contribution in [1.82, 2.24) is 0 Å². The molecule has 2 aliphatic rings. The largest absolute Gasteiger partial charge is 0.458 e. The van der Waals surface area contributed by atoms with Crippen LogP contribution in [-0.4, -0.2) is 46.7 Å². The maximum absolute atomic E-state index is 11.8. The number of aliphatic hydroxyl groups is 1. The number of fused-ring (bicyclic) bond motifs is 1. The van der Waals surface area contributed by atoms with Crippen molar-refractivity contribution in [3.8, 4) is 0 Å². The molecule has 0 saturated carbocycles. The van der Waals surface area contributed by atoms with Crippen molar-refractivity contribution in [2.75, 3.05) is 0 Å². The molecule has 0 radical (unpaired) electrons. The molecule has 1 aliphatic carbocycles. The number of ether oxygens (including phenoxy) is 2. The molecule has 2 rings (SSSR count). The van der Waals surface area contributed by atoms with Gasteiger partial charge in [-0.05, 0) is 30.6 Å². The van der Waals surface area contributed by atoms with Gasteiger partial charge in [0.2, 0.25) is 0 Å². The van der Waals surface area contributed by atoms with Gasteiger partial charge in [0.05, 0.1) is 12.0 Å². The van der Waals surface area contributed by atoms with E-state index in [1.54, 1.807) is 13.0 Å². The van der Waals surface area contributed by atoms with Crippen LogP contribution in [0.25, 0.3) is 0 Å². The molecule has 0 aromatic rings. The first-order chi connectivity index (χ1) is 11.2. The van der Waals surface area contributed by atoms with Gasteiger partial charge in [0.15, 0.2) is 0 Å². The van der Waals surface area contributed by atoms with E-state index in [0.29, 0.717) is 11.1 Å². The molecule has 1 aliphatic heterocycles. The molecule has 132 valence electrons. The van der Waals surface area contributed by atoms with Crippen LogP contribution in [0.3, 0.4) is 0 Å². The predicted octanol–water partition coefficient (Wildman–Crippen LogP) is 1.53. The maximum atomic E-state index is 11.8. The van der Waals surface area contributed by atoms with E-state index < -0.39 is 42.3 Å². The molecular weight excluding hydrogens is 316 g/mol. The molecule has 0 aromatic heterocycles. The Morgan fingerprint density at radius 1 is 1.38 bits per heavy atom. The number of esters is 2. The quantitative estimate of drug-likeness (QED) is 0.259. The van der Waals surface area contributed by atoms with E-state index in [1.165, 1.54) is 6.92 Å². The smallest absolute Gasteiger partial charge is 0.334 e. The summed E-state index contributed by atoms with van der Waals surface area (Å²) in [5, 5.41) is 19.6. The SMILES string of the molecule is C=C1CC(O)C2C(=C)C(=O)OC2C=C(C)C(OC(C)=O)CC1OO. The number of hydrogen-bond acceptors (Lipinski definition) is 7. The Balaban J connectivity index is 2.42. The van der Waals surface area contributed by atoms with Gasteiger partial charge in [-0.3, -0.25) is 10.1 Å². The lowest BCUT2D eigenvalue weighted by Crippen LogP contribution is -2.34. The fraction of sp³-hybridized carbons (Fsp3) is 0.529. The minimum Gasteiger partial charge on any atom is -0.458 e. The average molecular weight is 338 g/mol. The van der Waals surface area contributed by atoms with Gasteiger partial charge in [-0.25, -0.2) is 9.68 Å². The van der Waals surface area contributed by atoms with Crippen LogP contribution in [0.15, 0.2) is 36.0 Å². The third kappa shape index (κ3) is 3.75. The van der Waals surface area contributed by atoms with Gasteiger partial charge in [-0.1, -0.05) is 13.2 Å². The Kier molecular flexibility index (Phi) is 5.58. The van der Waals surface area contributed by atoms with Crippen LogP contribution in [0.1, 0.15) is 26.7 Å². The molecule has 5 atom stereocenters. The monoisotopic (exact) mass is 338 g/mol. The molecule has 2 N–H and O–H groups in total. The number of hydrogen-bond donors (Lipinski definition) is 2. The number of rotatable bonds is 2. The molecule has 7 nitrogen and oxygen atoms in total. The molecule has 7 heteroatoms. The summed E-state index contributed by atoms with van der Waals surface area (Å²) < 4.78 is 10.5. The summed E-state index contributed by atoms with van der Waals surface area (Å²) >= 11 is 0. The van der Waals surface area contributed by atoms with Crippen molar-refractivity contribution in [3.63, 3.8) is 0 Å². The molecular formula is C17H22O7. The Labute approximate surface area is 140 Å². The molecule has 1 saturated heterocycles. The molecule has 1 heterocycles. The topological polar surface area (TPSA) is 102 Å². The highest BCUT2D eigenvalue weighted by molar-refractivity contribution is 5.91. The minimum atomic E-state index is -0.964. The number of carbonyl (C=O) groups excluding carboxylic acids is 2. The van der Waals surface area contributed by atoms with Gasteiger partial charge in [-0.15, -0.1) is 0 Å². The molecule has 5 unspecified atom stereocenters. The third-order valence-electron chi connectivity index (χ3n) is 4.40. The van der Waals surface area contributed by atoms with Crippen molar-refractivity contribution in [1.29, 1.82) is 0 Å². The van der Waals surface area contributed by atoms with Crippen molar-refractivity contribution >= 4 is 11.9 Å². The number of carbonyl (C=O) groups is 2. The third-order valence-corrected chi connectivity index (χ3v) is 4.40. The molecule has 0 aromatic carbocycles. The molecule has 0 amide bonds. The Morgan fingerprint density at radius 3 is 2.62 bits per heavy atom. The van der Waals surface area contributed by atoms with E-state index >= 15 is 0 Å². The van der Waals surface area contributed by atoms with Crippen LogP contribution in [0.4, 0.5) is 0 Å². The summed E-state index contributed by atoms with van der Waals surface area (Å²) in [6, 6.07) is 0. The first-order valence-electron chi connectivity index (χ1n) is 7.65. The van der Waals surface area contributed by atoms with Crippen LogP contribution >= 0.6 is 0 Å². The molecule has 1 fully saturated rings. The molecule has 0 bridgehead atoms. The Bertz CT molecular complexity index is 592. The number of aliphatic hydroxyl groups excluding tert-OH is 1. The van der Waals surface area contributed by atoms with E-state index in [9.17, 15) is 14.7 Å². The lowest BCUT2D eigenvalue weighted by molar-refractivity contribution is -0.273. The first-order valence-corrected chi connectivity index (χ1v) is 7.65. The summed E-state index contributed by atoms with van der Waals surface area (Å²) in [4.78, 5) is 27.6. The molecule has 24 heavy (non-hydrogen) atoms. The minimum absolute atomic E-state index is 0.0851. The molecule has 0 spiro atoms. The van der Waals surface area contributed by atoms with E-state index in [-0.39, 0.29) is 18.4 Å². The average Bonchev–Trinajstić information content (AvgIpc) is 2.76. The maximum Gasteiger partial charge on any atom is 0.334 e. The second-order valence-corrected chi connectivity index (χ2v) is 6.19. The van der Waals surface area contributed by atoms with Crippen molar-refractivity contribution < 1.29 is 34.3 Å². The van der Waals surface area contributed by atoms with Gasteiger partial charge < -0.3 is 14.6 Å². The zero-order valence-electron chi connectivity index (χ0n) is 13.7. The van der Waals surface area contributed by atoms with E-state index in [2.05, 4.69) is 18.0 Å². The van der Waals surface area contributed by atoms with Crippen LogP contribution in [0, 0.1) is 5.92 Å². The van der Waals surface area contributed by atoms with Crippen molar-refractivity contribution in [3.05, 3.63) is 36.0 Å². The van der Waals surface area contributed by atoms with Crippen molar-refractivity contribution in [2.24, 2.45) is 5.92 Å². The summed E-state index contributed by atoms with van der Waals surface area (Å²) in [5.41, 5.74) is 1.21. The van der Waals surface area contributed by atoms with Crippen molar-refractivity contribution in [2.45, 2.75) is 51.1 Å². The van der Waals surface area contributed by atoms with E-state index in [1.807, 2.05) is 0 Å². The second kappa shape index (κ2) is 7.29. The van der Waals surface area contributed by atoms with Crippen LogP contribution in [0.2, 0.25) is 0 Å². The first kappa shape index (κ1) is 18.4. The van der Waals surface area contributed by atoms with Gasteiger partial charge in [-0.2, -0.15) is 0 Å². The fourth-order valence-electron chi connectivity index (χ4n) is 3.10. The zero-order chi connectivity index (χ0) is 18.0. The second-order valence-electron chi connectivity index (χ2n) is 6.19. The van der Waals surface area contributed by atoms with Crippen LogP contribution in [-0.2, 0) is 24.0 Å². The summed E-state index contributed by atoms with van der Waals surface area (Å²) in [6.07, 6.45) is -1.31. The van der Waals surface area contributed by atoms with E-state index in [4.69, 9.17) is 14.7 Å². The van der Waals surface area contributed by atoms with Gasteiger partial charge >= 0.3 is 11.9 Å². The summed E-state index contributed by atoms with van der Waals surface area (Å²) in [5.74, 6) is -1.70. The lowest BCUT2D eigenvalue weighted by atomic mass is 9.83. The predicted molar refractivity (Wildman–Crippen MR) is 83.7 cm³/mol. The highest BCUT2D eigenvalue weighted by atomic mass is 17.1. The highest BCUT2D eigenvalue weighted by Crippen LogP contribution is 2.36. The van der Waals surface area contributed by atoms with Gasteiger partial charge in [0, 0.05) is 18.9 Å². The fourth-order valence-corrected chi connectivity index (χ4v) is 3.10.